The van der Waals surface area contributed by atoms with E-state index in [0.717, 1.165) is 5.56 Å². The summed E-state index contributed by atoms with van der Waals surface area (Å²) in [6, 6.07) is 1.97. The average Bonchev–Trinajstić information content (AvgIpc) is 3.17. The highest BCUT2D eigenvalue weighted by atomic mass is 16.5. The summed E-state index contributed by atoms with van der Waals surface area (Å²) >= 11 is 0. The van der Waals surface area contributed by atoms with Crippen molar-refractivity contribution in [3.8, 4) is 5.75 Å². The third-order valence-corrected chi connectivity index (χ3v) is 4.22. The number of nitrogens with one attached hydrogen (secondary N) is 2. The van der Waals surface area contributed by atoms with Crippen molar-refractivity contribution in [2.45, 2.75) is 44.0 Å². The number of aliphatic carboxylic acids is 1. The van der Waals surface area contributed by atoms with E-state index in [9.17, 15) is 24.6 Å². The smallest absolute Gasteiger partial charge is 0.328 e. The average molecular weight is 436 g/mol. The molecule has 2 aromatic rings. The molecule has 1 heterocycles. The second kappa shape index (κ2) is 10.4. The Morgan fingerprint density at radius 2 is 1.84 bits per heavy atom. The molecule has 0 bridgehead atoms. The fourth-order valence-electron chi connectivity index (χ4n) is 2.65. The molecule has 2 rings (SSSR count). The molecule has 2 unspecified atom stereocenters. The summed E-state index contributed by atoms with van der Waals surface area (Å²) < 4.78 is 5.11. The minimum atomic E-state index is -1.58. The van der Waals surface area contributed by atoms with Gasteiger partial charge >= 0.3 is 12.0 Å². The number of aliphatic hydroxyl groups is 1. The predicted octanol–water partition coefficient (Wildman–Crippen LogP) is -0.933. The zero-order chi connectivity index (χ0) is 23.1. The van der Waals surface area contributed by atoms with Crippen LogP contribution in [0.15, 0.2) is 28.8 Å². The van der Waals surface area contributed by atoms with E-state index in [0.29, 0.717) is 6.42 Å². The maximum atomic E-state index is 12.2. The second-order valence-corrected chi connectivity index (χ2v) is 6.87. The minimum Gasteiger partial charge on any atom is -0.508 e. The van der Waals surface area contributed by atoms with Crippen molar-refractivity contribution in [1.82, 2.24) is 20.8 Å². The summed E-state index contributed by atoms with van der Waals surface area (Å²) in [5, 5.41) is 36.0. The first kappa shape index (κ1) is 23.6. The third-order valence-electron chi connectivity index (χ3n) is 4.22. The Morgan fingerprint density at radius 3 is 2.39 bits per heavy atom. The van der Waals surface area contributed by atoms with Crippen LogP contribution in [-0.2, 0) is 16.0 Å². The highest BCUT2D eigenvalue weighted by molar-refractivity contribution is 5.83. The number of aromatic hydroxyl groups is 1. The van der Waals surface area contributed by atoms with Gasteiger partial charge in [0.2, 0.25) is 11.8 Å². The Labute approximate surface area is 176 Å². The molecule has 0 aliphatic rings. The molecule has 0 aliphatic carbocycles. The number of urea groups is 1. The van der Waals surface area contributed by atoms with E-state index in [1.807, 2.05) is 0 Å². The number of nitrogens with two attached hydrogens (primary N) is 2. The topological polar surface area (TPSA) is 227 Å². The van der Waals surface area contributed by atoms with Gasteiger partial charge in [-0.05, 0) is 31.0 Å². The second-order valence-electron chi connectivity index (χ2n) is 6.87. The van der Waals surface area contributed by atoms with Crippen molar-refractivity contribution in [2.75, 3.05) is 0 Å². The van der Waals surface area contributed by atoms with Crippen LogP contribution in [0.25, 0.3) is 0 Å². The molecule has 168 valence electrons. The Bertz CT molecular complexity index is 914. The standard InChI is InChI=1S/C18H24N6O7/c1-8(25)14(17(28)29)22-18(30)21-12(7-13(20)27)16-23-15(24-31-16)11(19)6-9-2-4-10(26)5-3-9/h2-5,8,11-12,14,25-26H,6-7,19H2,1H3,(H2,20,27)(H,28,29)(H2,21,22,30)/t8?,11-,12-,14?/m0/s1. The molecule has 0 fully saturated rings. The van der Waals surface area contributed by atoms with Gasteiger partial charge in [-0.3, -0.25) is 4.79 Å². The number of carbonyl (C=O) groups is 3. The number of amides is 3. The van der Waals surface area contributed by atoms with Crippen LogP contribution in [0.4, 0.5) is 4.79 Å². The number of carboxylic acid groups (broad SMARTS) is 1. The number of carboxylic acids is 1. The highest BCUT2D eigenvalue weighted by Crippen LogP contribution is 2.20. The van der Waals surface area contributed by atoms with E-state index in [1.165, 1.54) is 19.1 Å². The molecular weight excluding hydrogens is 412 g/mol. The van der Waals surface area contributed by atoms with Gasteiger partial charge in [0.05, 0.1) is 18.6 Å². The summed E-state index contributed by atoms with van der Waals surface area (Å²) in [7, 11) is 0. The maximum absolute atomic E-state index is 12.2. The van der Waals surface area contributed by atoms with Crippen LogP contribution in [0.2, 0.25) is 0 Å². The molecule has 1 aromatic carbocycles. The molecule has 0 aliphatic heterocycles. The van der Waals surface area contributed by atoms with Crippen LogP contribution >= 0.6 is 0 Å². The van der Waals surface area contributed by atoms with Crippen LogP contribution in [0, 0.1) is 0 Å². The summed E-state index contributed by atoms with van der Waals surface area (Å²) in [5.41, 5.74) is 12.1. The molecule has 31 heavy (non-hydrogen) atoms. The van der Waals surface area contributed by atoms with Gasteiger partial charge in [-0.1, -0.05) is 17.3 Å². The lowest BCUT2D eigenvalue weighted by molar-refractivity contribution is -0.141. The summed E-state index contributed by atoms with van der Waals surface area (Å²) in [5.74, 6) is -2.18. The van der Waals surface area contributed by atoms with E-state index in [-0.39, 0.29) is 17.5 Å². The predicted molar refractivity (Wildman–Crippen MR) is 104 cm³/mol. The molecule has 0 spiro atoms. The number of aromatic nitrogens is 2. The number of rotatable bonds is 10. The highest BCUT2D eigenvalue weighted by Gasteiger charge is 2.29. The van der Waals surface area contributed by atoms with Crippen molar-refractivity contribution in [3.05, 3.63) is 41.5 Å². The fourth-order valence-corrected chi connectivity index (χ4v) is 2.65. The van der Waals surface area contributed by atoms with Gasteiger partial charge in [-0.2, -0.15) is 4.98 Å². The number of nitrogens with zero attached hydrogens (tertiary/aromatic N) is 2. The van der Waals surface area contributed by atoms with Crippen LogP contribution in [0.3, 0.4) is 0 Å². The number of phenols is 1. The molecule has 1 aromatic heterocycles. The number of hydrogen-bond donors (Lipinski definition) is 7. The zero-order valence-electron chi connectivity index (χ0n) is 16.6. The fraction of sp³-hybridized carbons (Fsp3) is 0.389. The number of phenolic OH excluding ortho intramolecular Hbond substituents is 1. The Morgan fingerprint density at radius 1 is 1.19 bits per heavy atom. The molecule has 0 saturated carbocycles. The Kier molecular flexibility index (Phi) is 7.88. The first-order valence-corrected chi connectivity index (χ1v) is 9.20. The number of benzene rings is 1. The zero-order valence-corrected chi connectivity index (χ0v) is 16.6. The first-order valence-electron chi connectivity index (χ1n) is 9.20. The lowest BCUT2D eigenvalue weighted by atomic mass is 10.1. The van der Waals surface area contributed by atoms with Gasteiger partial charge in [0, 0.05) is 0 Å². The molecule has 13 nitrogen and oxygen atoms in total. The molecule has 0 saturated heterocycles. The minimum absolute atomic E-state index is 0.104. The molecular formula is C18H24N6O7. The van der Waals surface area contributed by atoms with E-state index in [2.05, 4.69) is 20.8 Å². The van der Waals surface area contributed by atoms with Gasteiger partial charge in [0.1, 0.15) is 11.8 Å². The van der Waals surface area contributed by atoms with Crippen molar-refractivity contribution in [3.63, 3.8) is 0 Å². The number of hydrogen-bond acceptors (Lipinski definition) is 9. The normalized spacial score (nSPS) is 14.8. The number of primary amides is 1. The van der Waals surface area contributed by atoms with Crippen LogP contribution in [0.5, 0.6) is 5.75 Å². The molecule has 4 atom stereocenters. The van der Waals surface area contributed by atoms with Crippen molar-refractivity contribution < 1.29 is 34.2 Å². The van der Waals surface area contributed by atoms with Gasteiger partial charge in [-0.25, -0.2) is 9.59 Å². The Balaban J connectivity index is 2.11. The summed E-state index contributed by atoms with van der Waals surface area (Å²) in [4.78, 5) is 38.8. The first-order chi connectivity index (χ1) is 14.6. The summed E-state index contributed by atoms with van der Waals surface area (Å²) in [6.45, 7) is 1.19. The lowest BCUT2D eigenvalue weighted by Gasteiger charge is -2.19. The van der Waals surface area contributed by atoms with Crippen molar-refractivity contribution in [2.24, 2.45) is 11.5 Å². The number of aliphatic hydroxyl groups excluding tert-OH is 1. The van der Waals surface area contributed by atoms with Crippen molar-refractivity contribution in [1.29, 1.82) is 0 Å². The molecule has 0 radical (unpaired) electrons. The van der Waals surface area contributed by atoms with E-state index >= 15 is 0 Å². The van der Waals surface area contributed by atoms with E-state index in [4.69, 9.17) is 21.1 Å². The monoisotopic (exact) mass is 436 g/mol. The maximum Gasteiger partial charge on any atom is 0.328 e. The van der Waals surface area contributed by atoms with Crippen molar-refractivity contribution >= 4 is 17.9 Å². The quantitative estimate of drug-likeness (QED) is 0.242. The van der Waals surface area contributed by atoms with Gasteiger partial charge in [0.25, 0.3) is 0 Å². The van der Waals surface area contributed by atoms with Crippen LogP contribution in [-0.4, -0.2) is 55.5 Å². The molecule has 9 N–H and O–H groups in total. The third kappa shape index (κ3) is 6.94. The van der Waals surface area contributed by atoms with Crippen LogP contribution < -0.4 is 22.1 Å². The number of carbonyl (C=O) groups excluding carboxylic acids is 2. The Hall–Kier alpha value is -3.71. The van der Waals surface area contributed by atoms with E-state index in [1.54, 1.807) is 12.1 Å². The van der Waals surface area contributed by atoms with Gasteiger partial charge in [0.15, 0.2) is 11.9 Å². The largest absolute Gasteiger partial charge is 0.508 e. The van der Waals surface area contributed by atoms with Crippen LogP contribution in [0.1, 0.15) is 42.7 Å². The van der Waals surface area contributed by atoms with Gasteiger partial charge in [-0.15, -0.1) is 0 Å². The van der Waals surface area contributed by atoms with Gasteiger partial charge < -0.3 is 41.9 Å². The lowest BCUT2D eigenvalue weighted by Crippen LogP contribution is -2.52. The SMILES string of the molecule is CC(O)C(NC(=O)N[C@@H](CC(N)=O)c1nc([C@@H](N)Cc2ccc(O)cc2)no1)C(=O)O. The summed E-state index contributed by atoms with van der Waals surface area (Å²) in [6.07, 6.45) is -1.46. The van der Waals surface area contributed by atoms with E-state index < -0.39 is 48.6 Å². The molecule has 3 amide bonds. The molecule has 13 heteroatoms.